The largest absolute Gasteiger partial charge is 0.321 e. The molecule has 0 saturated carbocycles. The fourth-order valence-corrected chi connectivity index (χ4v) is 7.31. The average molecular weight is 495 g/mol. The minimum absolute atomic E-state index is 0.0572. The molecular formula is C16H19BrN2O5S3. The Bertz CT molecular complexity index is 1060. The highest BCUT2D eigenvalue weighted by Gasteiger charge is 2.29. The van der Waals surface area contributed by atoms with Crippen molar-refractivity contribution in [1.82, 2.24) is 0 Å². The Morgan fingerprint density at radius 2 is 1.74 bits per heavy atom. The molecule has 1 aromatic carbocycles. The summed E-state index contributed by atoms with van der Waals surface area (Å²) >= 11 is 4.58. The number of hydrogen-bond acceptors (Lipinski definition) is 6. The van der Waals surface area contributed by atoms with Gasteiger partial charge in [0.25, 0.3) is 5.91 Å². The van der Waals surface area contributed by atoms with Crippen LogP contribution in [0.1, 0.15) is 27.0 Å². The van der Waals surface area contributed by atoms with E-state index in [0.29, 0.717) is 14.3 Å². The van der Waals surface area contributed by atoms with Crippen LogP contribution in [0, 0.1) is 6.92 Å². The standard InChI is InChI=1S/C16H19BrN2O5S3/c1-5-11-8-15(25-10(11)2)16(20)18-12-6-7-14(13(17)9-12)19(26(3,21)22)27(4,23)24/h6-9H,5H2,1-4H3,(H,18,20). The number of anilines is 2. The second-order valence-corrected chi connectivity index (χ2v) is 11.9. The summed E-state index contributed by atoms with van der Waals surface area (Å²) in [5.74, 6) is -0.287. The van der Waals surface area contributed by atoms with Crippen LogP contribution in [0.5, 0.6) is 0 Å². The molecule has 0 saturated heterocycles. The van der Waals surface area contributed by atoms with E-state index < -0.39 is 20.0 Å². The van der Waals surface area contributed by atoms with E-state index in [1.165, 1.54) is 29.5 Å². The summed E-state index contributed by atoms with van der Waals surface area (Å²) in [6.45, 7) is 3.97. The molecule has 0 aliphatic carbocycles. The van der Waals surface area contributed by atoms with Crippen LogP contribution in [0.25, 0.3) is 0 Å². The summed E-state index contributed by atoms with van der Waals surface area (Å²) in [6.07, 6.45) is 2.45. The van der Waals surface area contributed by atoms with Crippen molar-refractivity contribution in [3.05, 3.63) is 44.1 Å². The lowest BCUT2D eigenvalue weighted by Gasteiger charge is -2.21. The van der Waals surface area contributed by atoms with Gasteiger partial charge in [-0.1, -0.05) is 6.92 Å². The fraction of sp³-hybridized carbons (Fsp3) is 0.312. The number of carbonyl (C=O) groups is 1. The van der Waals surface area contributed by atoms with Gasteiger partial charge in [0, 0.05) is 15.0 Å². The zero-order valence-electron chi connectivity index (χ0n) is 15.1. The summed E-state index contributed by atoms with van der Waals surface area (Å²) < 4.78 is 48.1. The molecule has 2 rings (SSSR count). The van der Waals surface area contributed by atoms with Crippen molar-refractivity contribution in [2.24, 2.45) is 0 Å². The molecule has 1 aromatic heterocycles. The maximum atomic E-state index is 12.4. The summed E-state index contributed by atoms with van der Waals surface area (Å²) in [5, 5.41) is 2.73. The van der Waals surface area contributed by atoms with Crippen molar-refractivity contribution >= 4 is 64.6 Å². The van der Waals surface area contributed by atoms with Crippen LogP contribution in [0.3, 0.4) is 0 Å². The van der Waals surface area contributed by atoms with Gasteiger partial charge < -0.3 is 5.32 Å². The van der Waals surface area contributed by atoms with E-state index in [-0.39, 0.29) is 16.1 Å². The molecule has 2 aromatic rings. The molecular weight excluding hydrogens is 476 g/mol. The van der Waals surface area contributed by atoms with Gasteiger partial charge in [-0.3, -0.25) is 4.79 Å². The summed E-state index contributed by atoms with van der Waals surface area (Å²) in [6, 6.07) is 6.06. The van der Waals surface area contributed by atoms with Gasteiger partial charge in [-0.15, -0.1) is 11.3 Å². The molecule has 0 radical (unpaired) electrons. The summed E-state index contributed by atoms with van der Waals surface area (Å²) in [4.78, 5) is 14.1. The SMILES string of the molecule is CCc1cc(C(=O)Nc2ccc(N(S(C)(=O)=O)S(C)(=O)=O)c(Br)c2)sc1C. The molecule has 0 bridgehead atoms. The molecule has 27 heavy (non-hydrogen) atoms. The van der Waals surface area contributed by atoms with Gasteiger partial charge in [0.1, 0.15) is 0 Å². The maximum absolute atomic E-state index is 12.4. The van der Waals surface area contributed by atoms with Crippen LogP contribution in [0.4, 0.5) is 11.4 Å². The molecule has 0 unspecified atom stereocenters. The van der Waals surface area contributed by atoms with Crippen LogP contribution in [-0.4, -0.2) is 35.3 Å². The first kappa shape index (κ1) is 21.9. The molecule has 11 heteroatoms. The molecule has 148 valence electrons. The molecule has 1 amide bonds. The van der Waals surface area contributed by atoms with Crippen molar-refractivity contribution in [2.75, 3.05) is 21.5 Å². The van der Waals surface area contributed by atoms with Crippen molar-refractivity contribution < 1.29 is 21.6 Å². The molecule has 0 spiro atoms. The monoisotopic (exact) mass is 494 g/mol. The van der Waals surface area contributed by atoms with Crippen LogP contribution in [-0.2, 0) is 26.5 Å². The number of amides is 1. The second-order valence-electron chi connectivity index (χ2n) is 5.89. The average Bonchev–Trinajstić information content (AvgIpc) is 2.88. The first-order valence-electron chi connectivity index (χ1n) is 7.75. The van der Waals surface area contributed by atoms with E-state index in [4.69, 9.17) is 0 Å². The quantitative estimate of drug-likeness (QED) is 0.663. The number of nitrogens with one attached hydrogen (secondary N) is 1. The van der Waals surface area contributed by atoms with Crippen molar-refractivity contribution in [3.63, 3.8) is 0 Å². The van der Waals surface area contributed by atoms with Crippen LogP contribution >= 0.6 is 27.3 Å². The maximum Gasteiger partial charge on any atom is 0.265 e. The van der Waals surface area contributed by atoms with Gasteiger partial charge in [0.2, 0.25) is 20.0 Å². The van der Waals surface area contributed by atoms with Gasteiger partial charge in [-0.25, -0.2) is 16.8 Å². The Morgan fingerprint density at radius 3 is 2.19 bits per heavy atom. The normalized spacial score (nSPS) is 12.0. The number of hydrogen-bond donors (Lipinski definition) is 1. The van der Waals surface area contributed by atoms with Crippen LogP contribution in [0.15, 0.2) is 28.7 Å². The second kappa shape index (κ2) is 7.90. The number of nitrogens with zero attached hydrogens (tertiary/aromatic N) is 1. The Labute approximate surface area is 171 Å². The Balaban J connectivity index is 2.34. The highest BCUT2D eigenvalue weighted by Crippen LogP contribution is 2.33. The van der Waals surface area contributed by atoms with Gasteiger partial charge in [0.05, 0.1) is 23.1 Å². The van der Waals surface area contributed by atoms with Crippen molar-refractivity contribution in [1.29, 1.82) is 0 Å². The lowest BCUT2D eigenvalue weighted by molar-refractivity contribution is 0.103. The number of thiophene rings is 1. The van der Waals surface area contributed by atoms with Gasteiger partial charge >= 0.3 is 0 Å². The number of benzene rings is 1. The summed E-state index contributed by atoms with van der Waals surface area (Å²) in [5.41, 5.74) is 1.46. The van der Waals surface area contributed by atoms with E-state index in [1.54, 1.807) is 0 Å². The molecule has 1 N–H and O–H groups in total. The first-order valence-corrected chi connectivity index (χ1v) is 13.1. The minimum atomic E-state index is -4.05. The number of aryl methyl sites for hydroxylation is 2. The lowest BCUT2D eigenvalue weighted by Crippen LogP contribution is -2.35. The fourth-order valence-electron chi connectivity index (χ4n) is 2.51. The Kier molecular flexibility index (Phi) is 6.40. The zero-order valence-corrected chi connectivity index (χ0v) is 19.1. The zero-order chi connectivity index (χ0) is 20.6. The first-order chi connectivity index (χ1) is 12.3. The number of halogens is 1. The van der Waals surface area contributed by atoms with E-state index >= 15 is 0 Å². The Hall–Kier alpha value is -1.43. The predicted octanol–water partition coefficient (Wildman–Crippen LogP) is 3.36. The minimum Gasteiger partial charge on any atom is -0.321 e. The molecule has 0 aliphatic heterocycles. The molecule has 0 aliphatic rings. The Morgan fingerprint density at radius 1 is 1.15 bits per heavy atom. The lowest BCUT2D eigenvalue weighted by atomic mass is 10.2. The highest BCUT2D eigenvalue weighted by molar-refractivity contribution is 9.10. The predicted molar refractivity (Wildman–Crippen MR) is 113 cm³/mol. The van der Waals surface area contributed by atoms with Crippen LogP contribution in [0.2, 0.25) is 0 Å². The molecule has 7 nitrogen and oxygen atoms in total. The smallest absolute Gasteiger partial charge is 0.265 e. The van der Waals surface area contributed by atoms with Gasteiger partial charge in [-0.2, -0.15) is 3.71 Å². The van der Waals surface area contributed by atoms with Crippen molar-refractivity contribution in [3.8, 4) is 0 Å². The number of carbonyl (C=O) groups excluding carboxylic acids is 1. The number of sulfonamides is 2. The molecule has 0 atom stereocenters. The van der Waals surface area contributed by atoms with Crippen LogP contribution < -0.4 is 9.03 Å². The molecule has 1 heterocycles. The third-order valence-electron chi connectivity index (χ3n) is 3.63. The van der Waals surface area contributed by atoms with Crippen molar-refractivity contribution in [2.45, 2.75) is 20.3 Å². The molecule has 0 fully saturated rings. The topological polar surface area (TPSA) is 101 Å². The third kappa shape index (κ3) is 5.09. The van der Waals surface area contributed by atoms with Gasteiger partial charge in [0.15, 0.2) is 0 Å². The number of rotatable bonds is 6. The van der Waals surface area contributed by atoms with E-state index in [9.17, 15) is 21.6 Å². The van der Waals surface area contributed by atoms with E-state index in [0.717, 1.165) is 29.4 Å². The summed E-state index contributed by atoms with van der Waals surface area (Å²) in [7, 11) is -8.10. The highest BCUT2D eigenvalue weighted by atomic mass is 79.9. The third-order valence-corrected chi connectivity index (χ3v) is 8.58. The van der Waals surface area contributed by atoms with Gasteiger partial charge in [-0.05, 0) is 59.1 Å². The van der Waals surface area contributed by atoms with E-state index in [2.05, 4.69) is 21.2 Å². The van der Waals surface area contributed by atoms with E-state index in [1.807, 2.05) is 19.9 Å².